The van der Waals surface area contributed by atoms with Crippen LogP contribution in [-0.2, 0) is 13.0 Å². The summed E-state index contributed by atoms with van der Waals surface area (Å²) in [5, 5.41) is 4.48. The molecule has 3 rings (SSSR count). The summed E-state index contributed by atoms with van der Waals surface area (Å²) in [7, 11) is 0. The van der Waals surface area contributed by atoms with Gasteiger partial charge < -0.3 is 15.1 Å². The first-order valence-corrected chi connectivity index (χ1v) is 10.4. The third-order valence-electron chi connectivity index (χ3n) is 4.14. The van der Waals surface area contributed by atoms with Gasteiger partial charge in [-0.05, 0) is 26.0 Å². The Morgan fingerprint density at radius 1 is 1.24 bits per heavy atom. The molecule has 1 saturated heterocycles. The second kappa shape index (κ2) is 8.62. The van der Waals surface area contributed by atoms with Gasteiger partial charge in [-0.25, -0.2) is 9.98 Å². The van der Waals surface area contributed by atoms with E-state index in [1.54, 1.807) is 0 Å². The van der Waals surface area contributed by atoms with Crippen LogP contribution in [0.1, 0.15) is 29.4 Å². The molecule has 0 saturated carbocycles. The van der Waals surface area contributed by atoms with Crippen molar-refractivity contribution in [3.05, 3.63) is 27.7 Å². The van der Waals surface area contributed by atoms with Crippen LogP contribution >= 0.6 is 22.9 Å². The molecule has 3 heterocycles. The third-order valence-corrected chi connectivity index (χ3v) is 5.94. The number of guanidine groups is 1. The Labute approximate surface area is 157 Å². The lowest BCUT2D eigenvalue weighted by molar-refractivity contribution is 0.372. The number of aliphatic imine (C=N–C) groups is 1. The van der Waals surface area contributed by atoms with Crippen molar-refractivity contribution in [3.63, 3.8) is 0 Å². The van der Waals surface area contributed by atoms with Gasteiger partial charge in [0.05, 0.1) is 6.54 Å². The molecule has 136 valence electrons. The molecular weight excluding hydrogens is 352 g/mol. The van der Waals surface area contributed by atoms with E-state index >= 15 is 0 Å². The molecule has 2 aromatic rings. The summed E-state index contributed by atoms with van der Waals surface area (Å²) < 4.78 is 4.40. The van der Waals surface area contributed by atoms with Crippen molar-refractivity contribution in [2.24, 2.45) is 4.99 Å². The standard InChI is InChI=1S/C17H26N6S2/c1-4-15-20-17(25-21-15)23-10-8-22(9-11-23)16(18-5-2)19-12-14-7-6-13(3)24-14/h6-7H,4-5,8-12H2,1-3H3,(H,18,19). The van der Waals surface area contributed by atoms with Crippen molar-refractivity contribution in [3.8, 4) is 0 Å². The summed E-state index contributed by atoms with van der Waals surface area (Å²) in [6.45, 7) is 11.8. The molecule has 1 aliphatic heterocycles. The zero-order valence-electron chi connectivity index (χ0n) is 15.2. The van der Waals surface area contributed by atoms with Crippen LogP contribution in [0, 0.1) is 6.92 Å². The molecule has 0 aromatic carbocycles. The molecule has 2 aromatic heterocycles. The van der Waals surface area contributed by atoms with Crippen molar-refractivity contribution in [1.82, 2.24) is 19.6 Å². The highest BCUT2D eigenvalue weighted by Crippen LogP contribution is 2.20. The van der Waals surface area contributed by atoms with Gasteiger partial charge in [-0.3, -0.25) is 0 Å². The highest BCUT2D eigenvalue weighted by molar-refractivity contribution is 7.11. The number of aromatic nitrogens is 2. The summed E-state index contributed by atoms with van der Waals surface area (Å²) >= 11 is 3.33. The number of nitrogens with zero attached hydrogens (tertiary/aromatic N) is 5. The van der Waals surface area contributed by atoms with E-state index in [9.17, 15) is 0 Å². The van der Waals surface area contributed by atoms with Gasteiger partial charge in [0.2, 0.25) is 5.13 Å². The van der Waals surface area contributed by atoms with E-state index in [1.807, 2.05) is 11.3 Å². The molecule has 0 atom stereocenters. The number of hydrogen-bond donors (Lipinski definition) is 1. The van der Waals surface area contributed by atoms with Crippen LogP contribution in [0.3, 0.4) is 0 Å². The van der Waals surface area contributed by atoms with Crippen LogP contribution in [0.5, 0.6) is 0 Å². The maximum Gasteiger partial charge on any atom is 0.205 e. The Hall–Kier alpha value is -1.67. The van der Waals surface area contributed by atoms with Gasteiger partial charge in [-0.15, -0.1) is 11.3 Å². The molecule has 8 heteroatoms. The lowest BCUT2D eigenvalue weighted by atomic mass is 10.3. The Kier molecular flexibility index (Phi) is 6.25. The number of rotatable bonds is 5. The van der Waals surface area contributed by atoms with Crippen molar-refractivity contribution < 1.29 is 0 Å². The molecule has 0 aliphatic carbocycles. The maximum atomic E-state index is 4.83. The Balaban J connectivity index is 1.59. The van der Waals surface area contributed by atoms with Gasteiger partial charge in [-0.2, -0.15) is 4.37 Å². The summed E-state index contributed by atoms with van der Waals surface area (Å²) in [5.41, 5.74) is 0. The van der Waals surface area contributed by atoms with Crippen molar-refractivity contribution in [2.75, 3.05) is 37.6 Å². The number of hydrogen-bond acceptors (Lipinski definition) is 6. The predicted octanol–water partition coefficient (Wildman–Crippen LogP) is 2.76. The van der Waals surface area contributed by atoms with Crippen LogP contribution in [-0.4, -0.2) is 52.9 Å². The summed E-state index contributed by atoms with van der Waals surface area (Å²) in [6.07, 6.45) is 0.899. The Morgan fingerprint density at radius 3 is 2.64 bits per heavy atom. The molecule has 6 nitrogen and oxygen atoms in total. The van der Waals surface area contributed by atoms with Crippen molar-refractivity contribution >= 4 is 34.0 Å². The average Bonchev–Trinajstić information content (AvgIpc) is 3.27. The molecule has 0 unspecified atom stereocenters. The molecule has 25 heavy (non-hydrogen) atoms. The number of aryl methyl sites for hydroxylation is 2. The van der Waals surface area contributed by atoms with E-state index in [2.05, 4.69) is 57.4 Å². The van der Waals surface area contributed by atoms with E-state index in [1.165, 1.54) is 21.3 Å². The van der Waals surface area contributed by atoms with Crippen LogP contribution in [0.2, 0.25) is 0 Å². The van der Waals surface area contributed by atoms with Crippen LogP contribution < -0.4 is 10.2 Å². The molecule has 0 amide bonds. The van der Waals surface area contributed by atoms with Gasteiger partial charge in [0.25, 0.3) is 0 Å². The van der Waals surface area contributed by atoms with E-state index in [4.69, 9.17) is 4.99 Å². The highest BCUT2D eigenvalue weighted by Gasteiger charge is 2.22. The predicted molar refractivity (Wildman–Crippen MR) is 107 cm³/mol. The molecule has 1 N–H and O–H groups in total. The minimum atomic E-state index is 0.747. The first-order chi connectivity index (χ1) is 12.2. The van der Waals surface area contributed by atoms with Gasteiger partial charge in [0.15, 0.2) is 5.96 Å². The zero-order valence-corrected chi connectivity index (χ0v) is 16.8. The monoisotopic (exact) mass is 378 g/mol. The van der Waals surface area contributed by atoms with E-state index < -0.39 is 0 Å². The Morgan fingerprint density at radius 2 is 2.04 bits per heavy atom. The highest BCUT2D eigenvalue weighted by atomic mass is 32.1. The zero-order chi connectivity index (χ0) is 17.6. The molecule has 1 fully saturated rings. The minimum absolute atomic E-state index is 0.747. The van der Waals surface area contributed by atoms with Crippen molar-refractivity contribution in [2.45, 2.75) is 33.7 Å². The first-order valence-electron chi connectivity index (χ1n) is 8.85. The molecular formula is C17H26N6S2. The fourth-order valence-electron chi connectivity index (χ4n) is 2.78. The largest absolute Gasteiger partial charge is 0.357 e. The quantitative estimate of drug-likeness (QED) is 0.640. The molecule has 0 bridgehead atoms. The number of nitrogens with one attached hydrogen (secondary N) is 1. The van der Waals surface area contributed by atoms with Crippen molar-refractivity contribution in [1.29, 1.82) is 0 Å². The lowest BCUT2D eigenvalue weighted by Gasteiger charge is -2.36. The number of anilines is 1. The number of thiophene rings is 1. The van der Waals surface area contributed by atoms with Crippen LogP contribution in [0.4, 0.5) is 5.13 Å². The van der Waals surface area contributed by atoms with Gasteiger partial charge in [0, 0.05) is 60.4 Å². The fraction of sp³-hybridized carbons (Fsp3) is 0.588. The van der Waals surface area contributed by atoms with E-state index in [0.29, 0.717) is 0 Å². The van der Waals surface area contributed by atoms with E-state index in [-0.39, 0.29) is 0 Å². The topological polar surface area (TPSA) is 56.7 Å². The van der Waals surface area contributed by atoms with Gasteiger partial charge >= 0.3 is 0 Å². The van der Waals surface area contributed by atoms with Crippen LogP contribution in [0.15, 0.2) is 17.1 Å². The normalized spacial score (nSPS) is 15.7. The molecule has 0 spiro atoms. The summed E-state index contributed by atoms with van der Waals surface area (Å²) in [4.78, 5) is 16.8. The van der Waals surface area contributed by atoms with Gasteiger partial charge in [0.1, 0.15) is 5.82 Å². The molecule has 0 radical (unpaired) electrons. The first kappa shape index (κ1) is 18.1. The maximum absolute atomic E-state index is 4.83. The second-order valence-corrected chi connectivity index (χ2v) is 8.11. The Bertz CT molecular complexity index is 700. The second-order valence-electron chi connectivity index (χ2n) is 6.00. The lowest BCUT2D eigenvalue weighted by Crippen LogP contribution is -2.52. The fourth-order valence-corrected chi connectivity index (χ4v) is 4.39. The summed E-state index contributed by atoms with van der Waals surface area (Å²) in [6, 6.07) is 4.33. The smallest absolute Gasteiger partial charge is 0.205 e. The third kappa shape index (κ3) is 4.70. The minimum Gasteiger partial charge on any atom is -0.357 e. The average molecular weight is 379 g/mol. The van der Waals surface area contributed by atoms with Gasteiger partial charge in [-0.1, -0.05) is 6.92 Å². The SMILES string of the molecule is CCNC(=NCc1ccc(C)s1)N1CCN(c2nc(CC)ns2)CC1. The summed E-state index contributed by atoms with van der Waals surface area (Å²) in [5.74, 6) is 1.96. The van der Waals surface area contributed by atoms with Crippen LogP contribution in [0.25, 0.3) is 0 Å². The number of piperazine rings is 1. The van der Waals surface area contributed by atoms with E-state index in [0.717, 1.165) is 62.6 Å². The molecule has 1 aliphatic rings.